The van der Waals surface area contributed by atoms with E-state index in [1.54, 1.807) is 0 Å². The molecular weight excluding hydrogens is 404 g/mol. The van der Waals surface area contributed by atoms with Crippen LogP contribution in [0, 0.1) is 5.92 Å². The number of aromatic nitrogens is 3. The van der Waals surface area contributed by atoms with Gasteiger partial charge in [-0.05, 0) is 56.6 Å². The Hall–Kier alpha value is -2.80. The van der Waals surface area contributed by atoms with E-state index in [0.29, 0.717) is 30.6 Å². The largest absolute Gasteiger partial charge is 0.375 e. The molecule has 1 atom stereocenters. The first-order valence-corrected chi connectivity index (χ1v) is 11.8. The van der Waals surface area contributed by atoms with E-state index in [9.17, 15) is 4.79 Å². The summed E-state index contributed by atoms with van der Waals surface area (Å²) in [6.45, 7) is 2.16. The molecule has 2 aliphatic heterocycles. The fourth-order valence-corrected chi connectivity index (χ4v) is 5.22. The minimum atomic E-state index is -0.143. The van der Waals surface area contributed by atoms with Crippen LogP contribution in [0.4, 0.5) is 0 Å². The topological polar surface area (TPSA) is 81.4 Å². The maximum atomic E-state index is 13.1. The van der Waals surface area contributed by atoms with E-state index in [0.717, 1.165) is 61.3 Å². The zero-order valence-corrected chi connectivity index (χ0v) is 18.2. The fraction of sp³-hybridized carbons (Fsp3) is 0.520. The summed E-state index contributed by atoms with van der Waals surface area (Å²) in [7, 11) is 0. The number of pyridine rings is 1. The molecule has 3 fully saturated rings. The lowest BCUT2D eigenvalue weighted by Crippen LogP contribution is -2.51. The van der Waals surface area contributed by atoms with Gasteiger partial charge in [0.25, 0.3) is 5.91 Å². The Labute approximate surface area is 187 Å². The maximum absolute atomic E-state index is 13.1. The molecule has 1 aliphatic carbocycles. The molecule has 1 unspecified atom stereocenters. The third-order valence-electron chi connectivity index (χ3n) is 7.26. The Kier molecular flexibility index (Phi) is 4.94. The molecule has 0 radical (unpaired) electrons. The van der Waals surface area contributed by atoms with Gasteiger partial charge in [-0.25, -0.2) is 4.98 Å². The summed E-state index contributed by atoms with van der Waals surface area (Å²) in [5.41, 5.74) is 1.23. The summed E-state index contributed by atoms with van der Waals surface area (Å²) < 4.78 is 11.8. The number of carbonyl (C=O) groups excluding carboxylic acids is 1. The van der Waals surface area contributed by atoms with Crippen LogP contribution in [0.15, 0.2) is 40.9 Å². The highest BCUT2D eigenvalue weighted by atomic mass is 16.5. The highest BCUT2D eigenvalue weighted by Gasteiger charge is 2.42. The minimum Gasteiger partial charge on any atom is -0.375 e. The number of likely N-dealkylation sites (tertiary alicyclic amines) is 1. The third kappa shape index (κ3) is 3.90. The van der Waals surface area contributed by atoms with E-state index < -0.39 is 0 Å². The normalized spacial score (nSPS) is 23.0. The SMILES string of the molecule is O=C(c1ccc2ccccc2n1)N1CCC2(CC1)CC(Cc1nc(C3CC3)no1)CCO2. The Morgan fingerprint density at radius 2 is 1.91 bits per heavy atom. The van der Waals surface area contributed by atoms with E-state index in [2.05, 4.69) is 15.1 Å². The quantitative estimate of drug-likeness (QED) is 0.616. The number of benzene rings is 1. The summed E-state index contributed by atoms with van der Waals surface area (Å²) in [6, 6.07) is 11.7. The molecule has 2 aromatic heterocycles. The molecule has 6 rings (SSSR count). The number of para-hydroxylation sites is 1. The summed E-state index contributed by atoms with van der Waals surface area (Å²) in [5.74, 6) is 2.67. The van der Waals surface area contributed by atoms with Gasteiger partial charge >= 0.3 is 0 Å². The number of carbonyl (C=O) groups is 1. The first kappa shape index (κ1) is 19.9. The van der Waals surface area contributed by atoms with Crippen molar-refractivity contribution < 1.29 is 14.1 Å². The summed E-state index contributed by atoms with van der Waals surface area (Å²) in [6.07, 6.45) is 6.93. The summed E-state index contributed by atoms with van der Waals surface area (Å²) in [4.78, 5) is 24.2. The van der Waals surface area contributed by atoms with Crippen molar-refractivity contribution >= 4 is 16.8 Å². The Balaban J connectivity index is 1.08. The number of ether oxygens (including phenoxy) is 1. The van der Waals surface area contributed by atoms with Crippen molar-refractivity contribution in [3.8, 4) is 0 Å². The molecule has 7 heteroatoms. The monoisotopic (exact) mass is 432 g/mol. The van der Waals surface area contributed by atoms with Gasteiger partial charge in [0.15, 0.2) is 5.82 Å². The number of hydrogen-bond acceptors (Lipinski definition) is 6. The van der Waals surface area contributed by atoms with Crippen LogP contribution < -0.4 is 0 Å². The van der Waals surface area contributed by atoms with Crippen molar-refractivity contribution in [2.45, 2.75) is 56.5 Å². The second kappa shape index (κ2) is 7.96. The van der Waals surface area contributed by atoms with Gasteiger partial charge in [0.2, 0.25) is 5.89 Å². The first-order chi connectivity index (χ1) is 15.7. The smallest absolute Gasteiger partial charge is 0.272 e. The average Bonchev–Trinajstić information content (AvgIpc) is 3.58. The van der Waals surface area contributed by atoms with Crippen LogP contribution in [-0.4, -0.2) is 51.2 Å². The molecule has 3 aromatic rings. The van der Waals surface area contributed by atoms with Gasteiger partial charge < -0.3 is 14.2 Å². The zero-order valence-electron chi connectivity index (χ0n) is 18.2. The van der Waals surface area contributed by atoms with Crippen LogP contribution in [0.3, 0.4) is 0 Å². The fourth-order valence-electron chi connectivity index (χ4n) is 5.22. The van der Waals surface area contributed by atoms with Crippen molar-refractivity contribution in [2.24, 2.45) is 5.92 Å². The lowest BCUT2D eigenvalue weighted by atomic mass is 9.78. The van der Waals surface area contributed by atoms with Gasteiger partial charge in [-0.3, -0.25) is 4.79 Å². The Morgan fingerprint density at radius 1 is 1.06 bits per heavy atom. The van der Waals surface area contributed by atoms with Crippen molar-refractivity contribution in [1.82, 2.24) is 20.0 Å². The van der Waals surface area contributed by atoms with Crippen molar-refractivity contribution in [2.75, 3.05) is 19.7 Å². The van der Waals surface area contributed by atoms with Gasteiger partial charge in [-0.1, -0.05) is 29.4 Å². The average molecular weight is 433 g/mol. The molecule has 1 aromatic carbocycles. The number of nitrogens with zero attached hydrogens (tertiary/aromatic N) is 4. The molecule has 2 saturated heterocycles. The van der Waals surface area contributed by atoms with Crippen LogP contribution in [0.25, 0.3) is 10.9 Å². The van der Waals surface area contributed by atoms with Gasteiger partial charge in [-0.15, -0.1) is 0 Å². The van der Waals surface area contributed by atoms with Gasteiger partial charge in [0.1, 0.15) is 5.69 Å². The zero-order chi connectivity index (χ0) is 21.5. The molecule has 4 heterocycles. The molecule has 1 spiro atoms. The number of piperidine rings is 1. The number of hydrogen-bond donors (Lipinski definition) is 0. The van der Waals surface area contributed by atoms with Gasteiger partial charge in [0.05, 0.1) is 11.1 Å². The van der Waals surface area contributed by atoms with E-state index in [-0.39, 0.29) is 11.5 Å². The molecule has 0 N–H and O–H groups in total. The lowest BCUT2D eigenvalue weighted by molar-refractivity contribution is -0.124. The molecule has 7 nitrogen and oxygen atoms in total. The highest BCUT2D eigenvalue weighted by Crippen LogP contribution is 2.40. The van der Waals surface area contributed by atoms with Crippen molar-refractivity contribution in [3.05, 3.63) is 53.8 Å². The van der Waals surface area contributed by atoms with E-state index >= 15 is 0 Å². The molecule has 32 heavy (non-hydrogen) atoms. The Bertz CT molecular complexity index is 1130. The van der Waals surface area contributed by atoms with Crippen LogP contribution in [0.1, 0.15) is 66.6 Å². The van der Waals surface area contributed by atoms with Crippen molar-refractivity contribution in [1.29, 1.82) is 0 Å². The first-order valence-electron chi connectivity index (χ1n) is 11.8. The Morgan fingerprint density at radius 3 is 2.75 bits per heavy atom. The van der Waals surface area contributed by atoms with E-state index in [4.69, 9.17) is 9.26 Å². The number of amides is 1. The predicted molar refractivity (Wildman–Crippen MR) is 118 cm³/mol. The van der Waals surface area contributed by atoms with Crippen LogP contribution in [0.5, 0.6) is 0 Å². The second-order valence-electron chi connectivity index (χ2n) is 9.60. The van der Waals surface area contributed by atoms with Gasteiger partial charge in [-0.2, -0.15) is 4.98 Å². The lowest BCUT2D eigenvalue weighted by Gasteiger charge is -2.46. The highest BCUT2D eigenvalue weighted by molar-refractivity contribution is 5.95. The van der Waals surface area contributed by atoms with Gasteiger partial charge in [0, 0.05) is 37.4 Å². The molecule has 1 saturated carbocycles. The molecule has 3 aliphatic rings. The minimum absolute atomic E-state index is 0.0106. The third-order valence-corrected chi connectivity index (χ3v) is 7.26. The number of rotatable bonds is 4. The molecule has 0 bridgehead atoms. The summed E-state index contributed by atoms with van der Waals surface area (Å²) in [5, 5.41) is 5.21. The molecule has 166 valence electrons. The molecule has 1 amide bonds. The van der Waals surface area contributed by atoms with Crippen molar-refractivity contribution in [3.63, 3.8) is 0 Å². The maximum Gasteiger partial charge on any atom is 0.272 e. The second-order valence-corrected chi connectivity index (χ2v) is 9.60. The standard InChI is InChI=1S/C25H28N4O3/c30-24(21-8-7-18-3-1-2-4-20(18)26-21)29-12-10-25(11-13-29)16-17(9-14-31-25)15-22-27-23(28-32-22)19-5-6-19/h1-4,7-8,17,19H,5-6,9-16H2. The molecular formula is C25H28N4O3. The van der Waals surface area contributed by atoms with Crippen LogP contribution in [-0.2, 0) is 11.2 Å². The predicted octanol–water partition coefficient (Wildman–Crippen LogP) is 4.14. The summed E-state index contributed by atoms with van der Waals surface area (Å²) >= 11 is 0. The van der Waals surface area contributed by atoms with E-state index in [1.807, 2.05) is 41.3 Å². The van der Waals surface area contributed by atoms with E-state index in [1.165, 1.54) is 12.8 Å². The van der Waals surface area contributed by atoms with Crippen LogP contribution >= 0.6 is 0 Å². The van der Waals surface area contributed by atoms with Crippen LogP contribution in [0.2, 0.25) is 0 Å². The number of fused-ring (bicyclic) bond motifs is 1.